The van der Waals surface area contributed by atoms with Gasteiger partial charge in [0.1, 0.15) is 73.2 Å². The summed E-state index contributed by atoms with van der Waals surface area (Å²) in [5.74, 6) is -0.351. The van der Waals surface area contributed by atoms with Gasteiger partial charge in [-0.05, 0) is 96.3 Å². The summed E-state index contributed by atoms with van der Waals surface area (Å²) in [5.41, 5.74) is 0. The Morgan fingerprint density at radius 2 is 0.707 bits per heavy atom. The predicted octanol–water partition coefficient (Wildman–Crippen LogP) is 11.9. The molecule has 0 bridgehead atoms. The standard InChI is InChI=1S/C80H135NO18/c1-3-5-7-9-11-13-15-17-19-21-23-25-27-28-29-30-31-32-33-34-36-37-39-41-43-45-47-49-51-53-55-57-64(85)63(81-68(86)58-56-54-52-50-48-46-44-42-40-38-35-26-24-22-20-18-16-14-12-10-8-6-4-2)62-94-78-74(92)71(89)76(66(60-83)96-78)99-80-75(93)72(90)77(67(61-84)97-80)98-79-73(91)70(88)69(87)65(59-82)95-79/h6,8,12,14,18,20,24,26,38-41,44,46-47,49-50,52,55,57,63-67,69-80,82-85,87-93H,3-5,7,9-11,13,15-17,19,21-23,25,27-37,42-43,45,48,51,53-54,56,58-62H2,1-2H3,(H,81,86)/b8-6-,14-12-,20-18-,26-24-,40-38-,41-39+,46-44-,49-47+,52-50-,57-55+. The molecule has 3 heterocycles. The van der Waals surface area contributed by atoms with Crippen molar-refractivity contribution in [1.82, 2.24) is 5.32 Å². The van der Waals surface area contributed by atoms with Crippen molar-refractivity contribution in [3.05, 3.63) is 122 Å². The number of hydrogen-bond donors (Lipinski definition) is 12. The highest BCUT2D eigenvalue weighted by atomic mass is 16.8. The van der Waals surface area contributed by atoms with E-state index in [1.54, 1.807) is 6.08 Å². The van der Waals surface area contributed by atoms with Crippen LogP contribution in [0, 0.1) is 0 Å². The smallest absolute Gasteiger partial charge is 0.220 e. The van der Waals surface area contributed by atoms with Gasteiger partial charge >= 0.3 is 0 Å². The number of unbranched alkanes of at least 4 members (excludes halogenated alkanes) is 24. The molecule has 17 unspecified atom stereocenters. The minimum atomic E-state index is -2.00. The van der Waals surface area contributed by atoms with Crippen LogP contribution in [0.1, 0.15) is 245 Å². The molecule has 3 saturated heterocycles. The molecule has 3 aliphatic heterocycles. The molecule has 568 valence electrons. The summed E-state index contributed by atoms with van der Waals surface area (Å²) in [5, 5.41) is 121. The van der Waals surface area contributed by atoms with Crippen molar-refractivity contribution in [3.63, 3.8) is 0 Å². The van der Waals surface area contributed by atoms with E-state index in [9.17, 15) is 61.0 Å². The van der Waals surface area contributed by atoms with E-state index in [-0.39, 0.29) is 12.3 Å². The second-order valence-electron chi connectivity index (χ2n) is 26.7. The van der Waals surface area contributed by atoms with Gasteiger partial charge < -0.3 is 89.9 Å². The lowest BCUT2D eigenvalue weighted by atomic mass is 9.96. The molecular weight excluding hydrogens is 1260 g/mol. The lowest BCUT2D eigenvalue weighted by Crippen LogP contribution is -2.66. The molecule has 12 N–H and O–H groups in total. The maximum atomic E-state index is 13.4. The molecule has 99 heavy (non-hydrogen) atoms. The van der Waals surface area contributed by atoms with Gasteiger partial charge in [0.2, 0.25) is 5.91 Å². The first-order valence-corrected chi connectivity index (χ1v) is 38.3. The highest BCUT2D eigenvalue weighted by molar-refractivity contribution is 5.76. The van der Waals surface area contributed by atoms with E-state index in [4.69, 9.17) is 28.4 Å². The quantitative estimate of drug-likeness (QED) is 0.0199. The van der Waals surface area contributed by atoms with Crippen molar-refractivity contribution < 1.29 is 89.4 Å². The molecule has 0 saturated carbocycles. The molecule has 0 aromatic heterocycles. The van der Waals surface area contributed by atoms with Crippen LogP contribution in [0.15, 0.2) is 122 Å². The third kappa shape index (κ3) is 40.2. The summed E-state index contributed by atoms with van der Waals surface area (Å²) in [7, 11) is 0. The maximum Gasteiger partial charge on any atom is 0.220 e. The van der Waals surface area contributed by atoms with Gasteiger partial charge in [-0.15, -0.1) is 0 Å². The van der Waals surface area contributed by atoms with Crippen LogP contribution in [-0.4, -0.2) is 193 Å². The molecule has 0 aromatic carbocycles. The maximum absolute atomic E-state index is 13.4. The number of nitrogens with one attached hydrogen (secondary N) is 1. The second kappa shape index (κ2) is 59.6. The molecule has 19 nitrogen and oxygen atoms in total. The van der Waals surface area contributed by atoms with Crippen LogP contribution in [0.25, 0.3) is 0 Å². The number of aliphatic hydroxyl groups is 11. The first-order valence-electron chi connectivity index (χ1n) is 38.3. The SMILES string of the molecule is CC/C=C\C/C=C\C/C=C\C/C=C\C/C=C\C/C=C\C/C=C\CCCC(=O)NC(COC1OC(CO)C(OC2OC(CO)C(OC3OC(CO)C(O)C(O)C3O)C(O)C2O)C(O)C1O)C(O)/C=C/CC/C=C/CC/C=C/CCCCCCCCCCCCCCCCCCCCCCC. The number of carbonyl (C=O) groups is 1. The first kappa shape index (κ1) is 89.4. The molecule has 0 aliphatic carbocycles. The molecular formula is C80H135NO18. The Labute approximate surface area is 595 Å². The monoisotopic (exact) mass is 1400 g/mol. The summed E-state index contributed by atoms with van der Waals surface area (Å²) in [6.45, 7) is 1.55. The number of carbonyl (C=O) groups excluding carboxylic acids is 1. The van der Waals surface area contributed by atoms with Gasteiger partial charge in [-0.3, -0.25) is 4.79 Å². The van der Waals surface area contributed by atoms with Crippen molar-refractivity contribution in [2.45, 2.75) is 349 Å². The Balaban J connectivity index is 1.44. The Hall–Kier alpha value is -3.81. The molecule has 0 spiro atoms. The molecule has 3 rings (SSSR count). The Morgan fingerprint density at radius 3 is 1.13 bits per heavy atom. The zero-order valence-corrected chi connectivity index (χ0v) is 60.4. The number of hydrogen-bond acceptors (Lipinski definition) is 18. The summed E-state index contributed by atoms with van der Waals surface area (Å²) >= 11 is 0. The summed E-state index contributed by atoms with van der Waals surface area (Å²) in [6.07, 6.45) is 56.3. The van der Waals surface area contributed by atoms with E-state index in [2.05, 4.69) is 122 Å². The lowest BCUT2D eigenvalue weighted by molar-refractivity contribution is -0.379. The minimum absolute atomic E-state index is 0.144. The Bertz CT molecular complexity index is 2260. The average molecular weight is 1400 g/mol. The third-order valence-corrected chi connectivity index (χ3v) is 18.2. The highest BCUT2D eigenvalue weighted by Gasteiger charge is 2.53. The highest BCUT2D eigenvalue weighted by Crippen LogP contribution is 2.33. The van der Waals surface area contributed by atoms with E-state index in [1.807, 2.05) is 12.2 Å². The van der Waals surface area contributed by atoms with E-state index in [0.717, 1.165) is 70.6 Å². The Kier molecular flexibility index (Phi) is 53.8. The van der Waals surface area contributed by atoms with E-state index in [1.165, 1.54) is 135 Å². The van der Waals surface area contributed by atoms with Crippen LogP contribution in [0.2, 0.25) is 0 Å². The first-order chi connectivity index (χ1) is 48.3. The van der Waals surface area contributed by atoms with Gasteiger partial charge in [0, 0.05) is 6.42 Å². The summed E-state index contributed by atoms with van der Waals surface area (Å²) in [6, 6.07) is -1.04. The number of rotatable bonds is 58. The molecule has 17 atom stereocenters. The van der Waals surface area contributed by atoms with Gasteiger partial charge in [0.25, 0.3) is 0 Å². The van der Waals surface area contributed by atoms with Crippen LogP contribution < -0.4 is 5.32 Å². The molecule has 3 aliphatic rings. The normalized spacial score (nSPS) is 27.3. The molecule has 3 fully saturated rings. The number of aliphatic hydroxyl groups excluding tert-OH is 11. The van der Waals surface area contributed by atoms with Crippen molar-refractivity contribution in [3.8, 4) is 0 Å². The van der Waals surface area contributed by atoms with Crippen LogP contribution in [0.3, 0.4) is 0 Å². The fourth-order valence-electron chi connectivity index (χ4n) is 12.1. The molecule has 0 aromatic rings. The molecule has 0 radical (unpaired) electrons. The van der Waals surface area contributed by atoms with Crippen molar-refractivity contribution in [1.29, 1.82) is 0 Å². The fraction of sp³-hybridized carbons (Fsp3) is 0.738. The van der Waals surface area contributed by atoms with E-state index in [0.29, 0.717) is 19.3 Å². The Morgan fingerprint density at radius 1 is 0.374 bits per heavy atom. The van der Waals surface area contributed by atoms with E-state index < -0.39 is 131 Å². The van der Waals surface area contributed by atoms with Crippen molar-refractivity contribution in [2.24, 2.45) is 0 Å². The average Bonchev–Trinajstić information content (AvgIpc) is 0.782. The molecule has 1 amide bonds. The van der Waals surface area contributed by atoms with Gasteiger partial charge in [-0.1, -0.05) is 264 Å². The second-order valence-corrected chi connectivity index (χ2v) is 26.7. The van der Waals surface area contributed by atoms with Crippen molar-refractivity contribution in [2.75, 3.05) is 26.4 Å². The minimum Gasteiger partial charge on any atom is -0.394 e. The number of allylic oxidation sites excluding steroid dienone is 19. The van der Waals surface area contributed by atoms with Gasteiger partial charge in [0.15, 0.2) is 18.9 Å². The van der Waals surface area contributed by atoms with Crippen LogP contribution in [0.4, 0.5) is 0 Å². The zero-order valence-electron chi connectivity index (χ0n) is 60.4. The summed E-state index contributed by atoms with van der Waals surface area (Å²) < 4.78 is 34.3. The summed E-state index contributed by atoms with van der Waals surface area (Å²) in [4.78, 5) is 13.4. The van der Waals surface area contributed by atoms with Gasteiger partial charge in [0.05, 0.1) is 38.6 Å². The van der Waals surface area contributed by atoms with Crippen LogP contribution >= 0.6 is 0 Å². The van der Waals surface area contributed by atoms with E-state index >= 15 is 0 Å². The van der Waals surface area contributed by atoms with Crippen molar-refractivity contribution >= 4 is 5.91 Å². The van der Waals surface area contributed by atoms with Crippen LogP contribution in [-0.2, 0) is 33.2 Å². The number of ether oxygens (including phenoxy) is 6. The van der Waals surface area contributed by atoms with Gasteiger partial charge in [-0.2, -0.15) is 0 Å². The van der Waals surface area contributed by atoms with Gasteiger partial charge in [-0.25, -0.2) is 0 Å². The lowest BCUT2D eigenvalue weighted by Gasteiger charge is -2.48. The fourth-order valence-corrected chi connectivity index (χ4v) is 12.1. The zero-order chi connectivity index (χ0) is 71.8. The van der Waals surface area contributed by atoms with Crippen LogP contribution in [0.5, 0.6) is 0 Å². The number of amides is 1. The third-order valence-electron chi connectivity index (χ3n) is 18.2. The topological polar surface area (TPSA) is 307 Å². The largest absolute Gasteiger partial charge is 0.394 e. The molecule has 19 heteroatoms. The predicted molar refractivity (Wildman–Crippen MR) is 392 cm³/mol.